The maximum atomic E-state index is 10.4. The standard InChI is InChI=1S/C8H9N5O2/c9-7-6-8(11-3-10-6)13-4(12-7)1-2-5(14)15/h3H,1-2H2,(H,14,15)(H3,9,10,11,12,13). The molecule has 0 aliphatic carbocycles. The van der Waals surface area contributed by atoms with Gasteiger partial charge in [0.1, 0.15) is 11.3 Å². The fraction of sp³-hybridized carbons (Fsp3) is 0.250. The van der Waals surface area contributed by atoms with Crippen molar-refractivity contribution in [3.8, 4) is 0 Å². The van der Waals surface area contributed by atoms with E-state index >= 15 is 0 Å². The van der Waals surface area contributed by atoms with E-state index in [1.54, 1.807) is 0 Å². The molecule has 0 unspecified atom stereocenters. The molecule has 2 aromatic rings. The number of aromatic nitrogens is 4. The number of rotatable bonds is 3. The Bertz CT molecular complexity index is 507. The first-order valence-electron chi connectivity index (χ1n) is 4.34. The molecule has 0 bridgehead atoms. The van der Waals surface area contributed by atoms with Crippen molar-refractivity contribution < 1.29 is 9.90 Å². The molecular formula is C8H9N5O2. The molecule has 2 rings (SSSR count). The fourth-order valence-electron chi connectivity index (χ4n) is 1.23. The smallest absolute Gasteiger partial charge is 0.303 e. The van der Waals surface area contributed by atoms with Crippen LogP contribution in [0.2, 0.25) is 0 Å². The molecule has 0 saturated carbocycles. The number of anilines is 1. The fourth-order valence-corrected chi connectivity index (χ4v) is 1.23. The van der Waals surface area contributed by atoms with E-state index in [4.69, 9.17) is 10.8 Å². The number of carboxylic acids is 1. The largest absolute Gasteiger partial charge is 0.481 e. The molecule has 0 aliphatic rings. The highest BCUT2D eigenvalue weighted by atomic mass is 16.4. The second-order valence-corrected chi connectivity index (χ2v) is 3.02. The van der Waals surface area contributed by atoms with Crippen molar-refractivity contribution in [3.63, 3.8) is 0 Å². The van der Waals surface area contributed by atoms with E-state index in [1.165, 1.54) is 6.33 Å². The minimum Gasteiger partial charge on any atom is -0.481 e. The summed E-state index contributed by atoms with van der Waals surface area (Å²) in [4.78, 5) is 25.1. The van der Waals surface area contributed by atoms with Crippen LogP contribution in [0.15, 0.2) is 6.33 Å². The van der Waals surface area contributed by atoms with Crippen molar-refractivity contribution in [2.24, 2.45) is 0 Å². The molecule has 0 amide bonds. The van der Waals surface area contributed by atoms with Crippen LogP contribution in [-0.2, 0) is 11.2 Å². The minimum atomic E-state index is -0.890. The first kappa shape index (κ1) is 9.38. The van der Waals surface area contributed by atoms with E-state index in [1.807, 2.05) is 0 Å². The molecule has 78 valence electrons. The van der Waals surface area contributed by atoms with Crippen LogP contribution in [-0.4, -0.2) is 31.0 Å². The van der Waals surface area contributed by atoms with Gasteiger partial charge in [-0.1, -0.05) is 0 Å². The van der Waals surface area contributed by atoms with Crippen LogP contribution in [0.3, 0.4) is 0 Å². The summed E-state index contributed by atoms with van der Waals surface area (Å²) in [6.07, 6.45) is 1.70. The van der Waals surface area contributed by atoms with Gasteiger partial charge in [-0.15, -0.1) is 0 Å². The molecule has 2 aromatic heterocycles. The van der Waals surface area contributed by atoms with Crippen molar-refractivity contribution >= 4 is 23.0 Å². The van der Waals surface area contributed by atoms with Gasteiger partial charge in [-0.25, -0.2) is 15.0 Å². The van der Waals surface area contributed by atoms with E-state index in [2.05, 4.69) is 19.9 Å². The molecule has 0 aliphatic heterocycles. The highest BCUT2D eigenvalue weighted by Gasteiger charge is 2.08. The maximum Gasteiger partial charge on any atom is 0.303 e. The van der Waals surface area contributed by atoms with Crippen LogP contribution in [0.1, 0.15) is 12.2 Å². The summed E-state index contributed by atoms with van der Waals surface area (Å²) < 4.78 is 0. The monoisotopic (exact) mass is 207 g/mol. The van der Waals surface area contributed by atoms with Gasteiger partial charge in [0.05, 0.1) is 12.7 Å². The van der Waals surface area contributed by atoms with Crippen LogP contribution in [0.25, 0.3) is 11.2 Å². The number of fused-ring (bicyclic) bond motifs is 1. The number of nitrogen functional groups attached to an aromatic ring is 1. The van der Waals surface area contributed by atoms with Gasteiger partial charge in [0.25, 0.3) is 0 Å². The number of aromatic amines is 1. The number of nitrogens with zero attached hydrogens (tertiary/aromatic N) is 3. The summed E-state index contributed by atoms with van der Waals surface area (Å²) in [7, 11) is 0. The third-order valence-electron chi connectivity index (χ3n) is 1.92. The summed E-state index contributed by atoms with van der Waals surface area (Å²) in [6, 6.07) is 0. The molecule has 7 nitrogen and oxygen atoms in total. The lowest BCUT2D eigenvalue weighted by atomic mass is 10.3. The van der Waals surface area contributed by atoms with Crippen molar-refractivity contribution in [1.82, 2.24) is 19.9 Å². The number of nitrogens with two attached hydrogens (primary N) is 1. The zero-order valence-corrected chi connectivity index (χ0v) is 7.77. The van der Waals surface area contributed by atoms with Crippen molar-refractivity contribution in [2.75, 3.05) is 5.73 Å². The van der Waals surface area contributed by atoms with Crippen molar-refractivity contribution in [2.45, 2.75) is 12.8 Å². The lowest BCUT2D eigenvalue weighted by Crippen LogP contribution is -2.04. The summed E-state index contributed by atoms with van der Waals surface area (Å²) in [5.74, 6) is -0.202. The third kappa shape index (κ3) is 1.85. The molecule has 0 atom stereocenters. The van der Waals surface area contributed by atoms with Crippen LogP contribution >= 0.6 is 0 Å². The highest BCUT2D eigenvalue weighted by molar-refractivity contribution is 5.80. The average Bonchev–Trinajstić information content (AvgIpc) is 2.63. The van der Waals surface area contributed by atoms with Gasteiger partial charge >= 0.3 is 5.97 Å². The Balaban J connectivity index is 2.32. The van der Waals surface area contributed by atoms with Gasteiger partial charge < -0.3 is 15.8 Å². The van der Waals surface area contributed by atoms with Gasteiger partial charge in [0.2, 0.25) is 0 Å². The van der Waals surface area contributed by atoms with Gasteiger partial charge in [0.15, 0.2) is 11.5 Å². The molecule has 2 heterocycles. The highest BCUT2D eigenvalue weighted by Crippen LogP contribution is 2.13. The lowest BCUT2D eigenvalue weighted by Gasteiger charge is -1.99. The molecule has 0 radical (unpaired) electrons. The molecule has 0 aromatic carbocycles. The number of hydrogen-bond donors (Lipinski definition) is 3. The molecule has 0 spiro atoms. The molecular weight excluding hydrogens is 198 g/mol. The number of imidazole rings is 1. The molecule has 0 saturated heterocycles. The predicted octanol–water partition coefficient (Wildman–Crippen LogP) is -0.0477. The summed E-state index contributed by atoms with van der Waals surface area (Å²) >= 11 is 0. The van der Waals surface area contributed by atoms with E-state index in [9.17, 15) is 4.79 Å². The zero-order valence-electron chi connectivity index (χ0n) is 7.77. The second kappa shape index (κ2) is 3.52. The summed E-state index contributed by atoms with van der Waals surface area (Å²) in [5, 5.41) is 8.51. The van der Waals surface area contributed by atoms with Crippen LogP contribution < -0.4 is 5.73 Å². The Labute approximate surface area is 84.4 Å². The maximum absolute atomic E-state index is 10.4. The molecule has 15 heavy (non-hydrogen) atoms. The normalized spacial score (nSPS) is 10.7. The molecule has 7 heteroatoms. The average molecular weight is 207 g/mol. The minimum absolute atomic E-state index is 0.0185. The Morgan fingerprint density at radius 2 is 2.33 bits per heavy atom. The summed E-state index contributed by atoms with van der Waals surface area (Å²) in [5.41, 5.74) is 6.68. The Morgan fingerprint density at radius 3 is 3.07 bits per heavy atom. The molecule has 0 fully saturated rings. The van der Waals surface area contributed by atoms with E-state index in [0.717, 1.165) is 0 Å². The Morgan fingerprint density at radius 1 is 1.53 bits per heavy atom. The van der Waals surface area contributed by atoms with E-state index in [0.29, 0.717) is 17.0 Å². The summed E-state index contributed by atoms with van der Waals surface area (Å²) in [6.45, 7) is 0. The van der Waals surface area contributed by atoms with Gasteiger partial charge in [-0.3, -0.25) is 4.79 Å². The number of aliphatic carboxylic acids is 1. The van der Waals surface area contributed by atoms with Gasteiger partial charge in [0, 0.05) is 6.42 Å². The zero-order chi connectivity index (χ0) is 10.8. The van der Waals surface area contributed by atoms with Crippen LogP contribution in [0.4, 0.5) is 5.82 Å². The second-order valence-electron chi connectivity index (χ2n) is 3.02. The van der Waals surface area contributed by atoms with Gasteiger partial charge in [-0.2, -0.15) is 0 Å². The Kier molecular flexibility index (Phi) is 2.20. The Hall–Kier alpha value is -2.18. The van der Waals surface area contributed by atoms with Crippen molar-refractivity contribution in [3.05, 3.63) is 12.2 Å². The third-order valence-corrected chi connectivity index (χ3v) is 1.92. The SMILES string of the molecule is Nc1nc(CCC(=O)O)nc2nc[nH]c12. The number of nitrogens with one attached hydrogen (secondary N) is 1. The number of aryl methyl sites for hydroxylation is 1. The number of H-pyrrole nitrogens is 1. The molecule has 4 N–H and O–H groups in total. The van der Waals surface area contributed by atoms with Crippen molar-refractivity contribution in [1.29, 1.82) is 0 Å². The number of carboxylic acid groups (broad SMARTS) is 1. The lowest BCUT2D eigenvalue weighted by molar-refractivity contribution is -0.137. The predicted molar refractivity (Wildman–Crippen MR) is 52.1 cm³/mol. The van der Waals surface area contributed by atoms with E-state index < -0.39 is 5.97 Å². The van der Waals surface area contributed by atoms with Gasteiger partial charge in [-0.05, 0) is 0 Å². The first-order chi connectivity index (χ1) is 7.16. The first-order valence-corrected chi connectivity index (χ1v) is 4.34. The topological polar surface area (TPSA) is 118 Å². The van der Waals surface area contributed by atoms with Crippen LogP contribution in [0, 0.1) is 0 Å². The van der Waals surface area contributed by atoms with E-state index in [-0.39, 0.29) is 18.7 Å². The number of hydrogen-bond acceptors (Lipinski definition) is 5. The quantitative estimate of drug-likeness (QED) is 0.649. The van der Waals surface area contributed by atoms with Crippen LogP contribution in [0.5, 0.6) is 0 Å². The number of carbonyl (C=O) groups is 1.